The van der Waals surface area contributed by atoms with Gasteiger partial charge in [-0.1, -0.05) is 0 Å². The molecule has 1 rings (SSSR count). The molecule has 0 radical (unpaired) electrons. The van der Waals surface area contributed by atoms with E-state index >= 15 is 0 Å². The molecule has 1 aromatic rings. The number of hydrogen-bond acceptors (Lipinski definition) is 4. The molecule has 0 saturated heterocycles. The Morgan fingerprint density at radius 2 is 2.00 bits per heavy atom. The summed E-state index contributed by atoms with van der Waals surface area (Å²) in [5.74, 6) is -2.17. The lowest BCUT2D eigenvalue weighted by molar-refractivity contribution is -0.122. The molecule has 0 heterocycles. The Labute approximate surface area is 133 Å². The first kappa shape index (κ1) is 19.9. The molecule has 0 spiro atoms. The highest BCUT2D eigenvalue weighted by Crippen LogP contribution is 2.21. The van der Waals surface area contributed by atoms with Crippen LogP contribution >= 0.6 is 24.2 Å². The molecule has 0 bridgehead atoms. The number of alkyl halides is 2. The predicted octanol–water partition coefficient (Wildman–Crippen LogP) is 2.31. The van der Waals surface area contributed by atoms with Crippen molar-refractivity contribution in [1.29, 1.82) is 0 Å². The van der Waals surface area contributed by atoms with Crippen LogP contribution in [-0.4, -0.2) is 37.8 Å². The molecule has 0 unspecified atom stereocenters. The summed E-state index contributed by atoms with van der Waals surface area (Å²) in [7, 11) is 1.59. The molecule has 120 valence electrons. The van der Waals surface area contributed by atoms with Gasteiger partial charge in [0.05, 0.1) is 20.2 Å². The van der Waals surface area contributed by atoms with Crippen LogP contribution < -0.4 is 15.8 Å². The quantitative estimate of drug-likeness (QED) is 0.713. The van der Waals surface area contributed by atoms with Gasteiger partial charge in [0, 0.05) is 17.1 Å². The van der Waals surface area contributed by atoms with Gasteiger partial charge in [-0.15, -0.1) is 24.2 Å². The summed E-state index contributed by atoms with van der Waals surface area (Å²) in [4.78, 5) is 12.4. The molecule has 1 amide bonds. The fourth-order valence-corrected chi connectivity index (χ4v) is 2.17. The van der Waals surface area contributed by atoms with Crippen LogP contribution in [0.4, 0.5) is 8.78 Å². The Kier molecular flexibility index (Phi) is 9.32. The normalized spacial score (nSPS) is 10.7. The van der Waals surface area contributed by atoms with Gasteiger partial charge in [-0.05, 0) is 24.3 Å². The van der Waals surface area contributed by atoms with Crippen molar-refractivity contribution >= 4 is 30.1 Å². The molecule has 0 aliphatic heterocycles. The summed E-state index contributed by atoms with van der Waals surface area (Å²) >= 11 is 1.48. The topological polar surface area (TPSA) is 64.3 Å². The number of thioether (sulfide) groups is 1. The molecule has 1 aromatic carbocycles. The van der Waals surface area contributed by atoms with Crippen LogP contribution in [0.15, 0.2) is 29.2 Å². The Bertz CT molecular complexity index is 433. The van der Waals surface area contributed by atoms with Crippen molar-refractivity contribution in [1.82, 2.24) is 5.32 Å². The van der Waals surface area contributed by atoms with Crippen LogP contribution in [0.25, 0.3) is 0 Å². The number of nitrogens with two attached hydrogens (primary N) is 1. The van der Waals surface area contributed by atoms with Gasteiger partial charge in [-0.2, -0.15) is 0 Å². The molecule has 4 nitrogen and oxygen atoms in total. The third-order valence-electron chi connectivity index (χ3n) is 2.50. The first-order valence-corrected chi connectivity index (χ1v) is 7.07. The lowest BCUT2D eigenvalue weighted by atomic mass is 10.3. The monoisotopic (exact) mass is 340 g/mol. The number of methoxy groups -OCH3 is 1. The number of nitrogens with one attached hydrogen (secondary N) is 1. The van der Waals surface area contributed by atoms with Crippen molar-refractivity contribution in [3.05, 3.63) is 24.3 Å². The van der Waals surface area contributed by atoms with Crippen LogP contribution in [-0.2, 0) is 4.79 Å². The van der Waals surface area contributed by atoms with E-state index in [-0.39, 0.29) is 18.8 Å². The van der Waals surface area contributed by atoms with Crippen LogP contribution in [0, 0.1) is 0 Å². The molecule has 0 fully saturated rings. The van der Waals surface area contributed by atoms with Crippen LogP contribution in [0.5, 0.6) is 5.75 Å². The Balaban J connectivity index is 0.00000400. The highest BCUT2D eigenvalue weighted by atomic mass is 35.5. The van der Waals surface area contributed by atoms with Gasteiger partial charge in [0.15, 0.2) is 0 Å². The fourth-order valence-electron chi connectivity index (χ4n) is 1.32. The third kappa shape index (κ3) is 8.08. The molecule has 3 N–H and O–H groups in total. The minimum Gasteiger partial charge on any atom is -0.497 e. The number of carbonyl (C=O) groups excluding carboxylic acids is 1. The molecule has 0 aliphatic rings. The second kappa shape index (κ2) is 9.81. The number of halogens is 3. The minimum atomic E-state index is -3.04. The number of amides is 1. The first-order valence-electron chi connectivity index (χ1n) is 6.08. The van der Waals surface area contributed by atoms with Crippen LogP contribution in [0.1, 0.15) is 6.42 Å². The van der Waals surface area contributed by atoms with Gasteiger partial charge < -0.3 is 15.8 Å². The van der Waals surface area contributed by atoms with E-state index in [0.29, 0.717) is 5.75 Å². The van der Waals surface area contributed by atoms with E-state index in [2.05, 4.69) is 5.32 Å². The van der Waals surface area contributed by atoms with E-state index in [9.17, 15) is 13.6 Å². The zero-order valence-corrected chi connectivity index (χ0v) is 13.2. The number of ether oxygens (including phenoxy) is 1. The molecular weight excluding hydrogens is 322 g/mol. The SMILES string of the molecule is COc1ccc(SCCC(=O)NCC(F)(F)CN)cc1.Cl. The standard InChI is InChI=1S/C13H18F2N2O2S.ClH/c1-19-10-2-4-11(5-3-10)20-7-6-12(18)17-9-13(14,15)8-16;/h2-5H,6-9,16H2,1H3,(H,17,18);1H. The molecule has 8 heteroatoms. The van der Waals surface area contributed by atoms with E-state index < -0.39 is 24.9 Å². The largest absolute Gasteiger partial charge is 0.497 e. The third-order valence-corrected chi connectivity index (χ3v) is 3.51. The van der Waals surface area contributed by atoms with E-state index in [1.165, 1.54) is 11.8 Å². The van der Waals surface area contributed by atoms with E-state index in [1.54, 1.807) is 7.11 Å². The highest BCUT2D eigenvalue weighted by Gasteiger charge is 2.26. The molecular formula is C13H19ClF2N2O2S. The van der Waals surface area contributed by atoms with Crippen molar-refractivity contribution in [3.8, 4) is 5.75 Å². The second-order valence-corrected chi connectivity index (χ2v) is 5.28. The molecule has 0 aromatic heterocycles. The van der Waals surface area contributed by atoms with Crippen molar-refractivity contribution in [2.45, 2.75) is 17.2 Å². The van der Waals surface area contributed by atoms with E-state index in [1.807, 2.05) is 24.3 Å². The Hall–Kier alpha value is -1.05. The van der Waals surface area contributed by atoms with Crippen molar-refractivity contribution < 1.29 is 18.3 Å². The second-order valence-electron chi connectivity index (χ2n) is 4.11. The number of rotatable bonds is 8. The van der Waals surface area contributed by atoms with E-state index in [0.717, 1.165) is 10.6 Å². The van der Waals surface area contributed by atoms with E-state index in [4.69, 9.17) is 10.5 Å². The molecule has 0 atom stereocenters. The Morgan fingerprint density at radius 1 is 1.38 bits per heavy atom. The maximum atomic E-state index is 12.8. The van der Waals surface area contributed by atoms with Gasteiger partial charge in [0.25, 0.3) is 5.92 Å². The highest BCUT2D eigenvalue weighted by molar-refractivity contribution is 7.99. The zero-order valence-electron chi connectivity index (χ0n) is 11.6. The summed E-state index contributed by atoms with van der Waals surface area (Å²) in [5, 5.41) is 2.18. The molecule has 0 aliphatic carbocycles. The maximum absolute atomic E-state index is 12.8. The number of benzene rings is 1. The summed E-state index contributed by atoms with van der Waals surface area (Å²) < 4.78 is 30.7. The first-order chi connectivity index (χ1) is 9.46. The van der Waals surface area contributed by atoms with Gasteiger partial charge >= 0.3 is 0 Å². The lowest BCUT2D eigenvalue weighted by Gasteiger charge is -2.14. The molecule has 21 heavy (non-hydrogen) atoms. The van der Waals surface area contributed by atoms with Gasteiger partial charge in [-0.3, -0.25) is 4.79 Å². The summed E-state index contributed by atoms with van der Waals surface area (Å²) in [6.07, 6.45) is 0.178. The molecule has 0 saturated carbocycles. The summed E-state index contributed by atoms with van der Waals surface area (Å²) in [5.41, 5.74) is 4.88. The van der Waals surface area contributed by atoms with Crippen molar-refractivity contribution in [2.24, 2.45) is 5.73 Å². The average molecular weight is 341 g/mol. The fraction of sp³-hybridized carbons (Fsp3) is 0.462. The number of carbonyl (C=O) groups is 1. The van der Waals surface area contributed by atoms with Crippen LogP contribution in [0.2, 0.25) is 0 Å². The average Bonchev–Trinajstić information content (AvgIpc) is 2.46. The van der Waals surface area contributed by atoms with Gasteiger partial charge in [-0.25, -0.2) is 8.78 Å². The van der Waals surface area contributed by atoms with Crippen molar-refractivity contribution in [3.63, 3.8) is 0 Å². The lowest BCUT2D eigenvalue weighted by Crippen LogP contribution is -2.41. The minimum absolute atomic E-state index is 0. The van der Waals surface area contributed by atoms with Gasteiger partial charge in [0.1, 0.15) is 5.75 Å². The predicted molar refractivity (Wildman–Crippen MR) is 82.6 cm³/mol. The summed E-state index contributed by atoms with van der Waals surface area (Å²) in [6.45, 7) is -1.48. The number of hydrogen-bond donors (Lipinski definition) is 2. The smallest absolute Gasteiger partial charge is 0.277 e. The van der Waals surface area contributed by atoms with Gasteiger partial charge in [0.2, 0.25) is 5.91 Å². The Morgan fingerprint density at radius 3 is 2.52 bits per heavy atom. The maximum Gasteiger partial charge on any atom is 0.277 e. The van der Waals surface area contributed by atoms with Crippen LogP contribution in [0.3, 0.4) is 0 Å². The summed E-state index contributed by atoms with van der Waals surface area (Å²) in [6, 6.07) is 7.41. The van der Waals surface area contributed by atoms with Crippen molar-refractivity contribution in [2.75, 3.05) is 26.0 Å². The zero-order chi connectivity index (χ0) is 15.0.